The van der Waals surface area contributed by atoms with Crippen LogP contribution in [-0.2, 0) is 13.0 Å². The van der Waals surface area contributed by atoms with Gasteiger partial charge in [0.2, 0.25) is 0 Å². The predicted octanol–water partition coefficient (Wildman–Crippen LogP) is 4.41. The highest BCUT2D eigenvalue weighted by Crippen LogP contribution is 2.29. The summed E-state index contributed by atoms with van der Waals surface area (Å²) >= 11 is 0. The van der Waals surface area contributed by atoms with Crippen LogP contribution in [0.1, 0.15) is 17.5 Å². The molecule has 0 aliphatic carbocycles. The number of fused-ring (bicyclic) bond motifs is 2. The first kappa shape index (κ1) is 15.1. The number of anilines is 1. The Labute approximate surface area is 143 Å². The van der Waals surface area contributed by atoms with E-state index in [1.165, 1.54) is 34.1 Å². The SMILES string of the molecule is COc1ccc2c(ccn2CCCN2CCc3cc(C)ccc32)c1. The predicted molar refractivity (Wildman–Crippen MR) is 100 cm³/mol. The van der Waals surface area contributed by atoms with Crippen LogP contribution in [0.5, 0.6) is 5.75 Å². The summed E-state index contributed by atoms with van der Waals surface area (Å²) in [7, 11) is 1.72. The molecule has 0 unspecified atom stereocenters. The molecule has 1 aliphatic rings. The van der Waals surface area contributed by atoms with E-state index in [-0.39, 0.29) is 0 Å². The second-order valence-corrected chi connectivity index (χ2v) is 6.66. The third kappa shape index (κ3) is 2.75. The summed E-state index contributed by atoms with van der Waals surface area (Å²) in [6.07, 6.45) is 4.53. The summed E-state index contributed by atoms with van der Waals surface area (Å²) in [6.45, 7) is 5.50. The van der Waals surface area contributed by atoms with E-state index in [1.807, 2.05) is 6.07 Å². The van der Waals surface area contributed by atoms with Gasteiger partial charge in [-0.1, -0.05) is 17.7 Å². The van der Waals surface area contributed by atoms with Crippen LogP contribution >= 0.6 is 0 Å². The quantitative estimate of drug-likeness (QED) is 0.693. The van der Waals surface area contributed by atoms with E-state index < -0.39 is 0 Å². The molecular weight excluding hydrogens is 296 g/mol. The fourth-order valence-electron chi connectivity index (χ4n) is 3.76. The number of aromatic nitrogens is 1. The zero-order valence-electron chi connectivity index (χ0n) is 14.5. The molecule has 124 valence electrons. The topological polar surface area (TPSA) is 17.4 Å². The molecule has 0 saturated carbocycles. The lowest BCUT2D eigenvalue weighted by Gasteiger charge is -2.19. The van der Waals surface area contributed by atoms with Crippen LogP contribution in [0.15, 0.2) is 48.7 Å². The minimum Gasteiger partial charge on any atom is -0.497 e. The van der Waals surface area contributed by atoms with E-state index in [4.69, 9.17) is 4.74 Å². The molecule has 2 heterocycles. The van der Waals surface area contributed by atoms with E-state index in [0.717, 1.165) is 31.8 Å². The number of ether oxygens (including phenoxy) is 1. The molecule has 1 aliphatic heterocycles. The van der Waals surface area contributed by atoms with E-state index in [9.17, 15) is 0 Å². The molecule has 3 heteroatoms. The van der Waals surface area contributed by atoms with Crippen molar-refractivity contribution >= 4 is 16.6 Å². The molecule has 3 aromatic rings. The van der Waals surface area contributed by atoms with Gasteiger partial charge in [0.25, 0.3) is 0 Å². The molecule has 0 saturated heterocycles. The molecule has 3 nitrogen and oxygen atoms in total. The first-order valence-electron chi connectivity index (χ1n) is 8.72. The van der Waals surface area contributed by atoms with Crippen molar-refractivity contribution in [2.24, 2.45) is 0 Å². The Balaban J connectivity index is 1.42. The van der Waals surface area contributed by atoms with Gasteiger partial charge in [0.1, 0.15) is 5.75 Å². The fourth-order valence-corrected chi connectivity index (χ4v) is 3.76. The van der Waals surface area contributed by atoms with Crippen LogP contribution in [0.25, 0.3) is 10.9 Å². The Kier molecular flexibility index (Phi) is 3.93. The molecule has 0 radical (unpaired) electrons. The molecule has 2 aromatic carbocycles. The van der Waals surface area contributed by atoms with Crippen molar-refractivity contribution in [3.8, 4) is 5.75 Å². The summed E-state index contributed by atoms with van der Waals surface area (Å²) in [5.74, 6) is 0.921. The summed E-state index contributed by atoms with van der Waals surface area (Å²) < 4.78 is 7.65. The van der Waals surface area contributed by atoms with Gasteiger partial charge in [-0.3, -0.25) is 0 Å². The zero-order chi connectivity index (χ0) is 16.5. The maximum absolute atomic E-state index is 5.31. The van der Waals surface area contributed by atoms with E-state index >= 15 is 0 Å². The molecule has 0 atom stereocenters. The molecule has 0 amide bonds. The Morgan fingerprint density at radius 1 is 1.04 bits per heavy atom. The number of hydrogen-bond donors (Lipinski definition) is 0. The highest BCUT2D eigenvalue weighted by atomic mass is 16.5. The number of aryl methyl sites for hydroxylation is 2. The van der Waals surface area contributed by atoms with Crippen molar-refractivity contribution in [2.45, 2.75) is 26.3 Å². The second-order valence-electron chi connectivity index (χ2n) is 6.66. The minimum atomic E-state index is 0.921. The Morgan fingerprint density at radius 2 is 1.96 bits per heavy atom. The Bertz CT molecular complexity index is 865. The Morgan fingerprint density at radius 3 is 2.83 bits per heavy atom. The van der Waals surface area contributed by atoms with Gasteiger partial charge in [-0.15, -0.1) is 0 Å². The highest BCUT2D eigenvalue weighted by molar-refractivity contribution is 5.81. The second kappa shape index (κ2) is 6.23. The third-order valence-corrected chi connectivity index (χ3v) is 5.03. The largest absolute Gasteiger partial charge is 0.497 e. The maximum Gasteiger partial charge on any atom is 0.119 e. The van der Waals surface area contributed by atoms with Crippen LogP contribution < -0.4 is 9.64 Å². The summed E-state index contributed by atoms with van der Waals surface area (Å²) in [6, 6.07) is 15.3. The zero-order valence-corrected chi connectivity index (χ0v) is 14.5. The molecule has 0 N–H and O–H groups in total. The lowest BCUT2D eigenvalue weighted by atomic mass is 10.1. The summed E-state index contributed by atoms with van der Waals surface area (Å²) in [4.78, 5) is 2.53. The fraction of sp³-hybridized carbons (Fsp3) is 0.333. The van der Waals surface area contributed by atoms with Gasteiger partial charge in [0.05, 0.1) is 7.11 Å². The van der Waals surface area contributed by atoms with Crippen molar-refractivity contribution in [1.82, 2.24) is 4.57 Å². The molecule has 0 bridgehead atoms. The van der Waals surface area contributed by atoms with Gasteiger partial charge in [-0.2, -0.15) is 0 Å². The standard InChI is InChI=1S/C21H24N2O/c1-16-4-6-20-17(14-16)8-12-22(20)10-3-11-23-13-9-18-15-19(24-2)5-7-21(18)23/h4-7,9,13-15H,3,8,10-12H2,1-2H3. The number of benzene rings is 2. The van der Waals surface area contributed by atoms with Gasteiger partial charge in [0, 0.05) is 42.4 Å². The van der Waals surface area contributed by atoms with Crippen molar-refractivity contribution < 1.29 is 4.74 Å². The smallest absolute Gasteiger partial charge is 0.119 e. The summed E-state index contributed by atoms with van der Waals surface area (Å²) in [5, 5.41) is 1.25. The van der Waals surface area contributed by atoms with Crippen molar-refractivity contribution in [1.29, 1.82) is 0 Å². The maximum atomic E-state index is 5.31. The van der Waals surface area contributed by atoms with Crippen LogP contribution in [0, 0.1) is 6.92 Å². The molecular formula is C21H24N2O. The lowest BCUT2D eigenvalue weighted by Crippen LogP contribution is -2.22. The molecule has 4 rings (SSSR count). The van der Waals surface area contributed by atoms with Crippen LogP contribution in [0.4, 0.5) is 5.69 Å². The average Bonchev–Trinajstić information content (AvgIpc) is 3.18. The van der Waals surface area contributed by atoms with E-state index in [1.54, 1.807) is 7.11 Å². The van der Waals surface area contributed by atoms with Gasteiger partial charge in [-0.05, 0) is 55.7 Å². The van der Waals surface area contributed by atoms with Gasteiger partial charge in [-0.25, -0.2) is 0 Å². The van der Waals surface area contributed by atoms with Crippen molar-refractivity contribution in [2.75, 3.05) is 25.1 Å². The van der Waals surface area contributed by atoms with Gasteiger partial charge >= 0.3 is 0 Å². The molecule has 1 aromatic heterocycles. The number of rotatable bonds is 5. The molecule has 0 fully saturated rings. The van der Waals surface area contributed by atoms with Gasteiger partial charge in [0.15, 0.2) is 0 Å². The van der Waals surface area contributed by atoms with Crippen molar-refractivity contribution in [3.63, 3.8) is 0 Å². The number of methoxy groups -OCH3 is 1. The lowest BCUT2D eigenvalue weighted by molar-refractivity contribution is 0.415. The molecule has 24 heavy (non-hydrogen) atoms. The van der Waals surface area contributed by atoms with Gasteiger partial charge < -0.3 is 14.2 Å². The van der Waals surface area contributed by atoms with E-state index in [0.29, 0.717) is 0 Å². The molecule has 0 spiro atoms. The first-order valence-corrected chi connectivity index (χ1v) is 8.72. The van der Waals surface area contributed by atoms with E-state index in [2.05, 4.69) is 59.0 Å². The first-order chi connectivity index (χ1) is 11.7. The normalized spacial score (nSPS) is 13.5. The van der Waals surface area contributed by atoms with Crippen LogP contribution in [0.2, 0.25) is 0 Å². The summed E-state index contributed by atoms with van der Waals surface area (Å²) in [5.41, 5.74) is 5.59. The van der Waals surface area contributed by atoms with Crippen LogP contribution in [0.3, 0.4) is 0 Å². The highest BCUT2D eigenvalue weighted by Gasteiger charge is 2.18. The number of hydrogen-bond acceptors (Lipinski definition) is 2. The van der Waals surface area contributed by atoms with Crippen molar-refractivity contribution in [3.05, 3.63) is 59.8 Å². The number of nitrogens with zero attached hydrogens (tertiary/aromatic N) is 2. The van der Waals surface area contributed by atoms with Crippen LogP contribution in [-0.4, -0.2) is 24.8 Å². The third-order valence-electron chi connectivity index (χ3n) is 5.03. The average molecular weight is 320 g/mol. The Hall–Kier alpha value is -2.42. The minimum absolute atomic E-state index is 0.921. The monoisotopic (exact) mass is 320 g/mol.